The standard InChI is InChI=1S/C25H30O7/c1-5-25(29)12-16(15-7-9-31-13-15)10-17-18(25)6-8-24(3)19(23(28)30-4)11-20(32-14(2)26)22(27)21(17)24/h1,7,9,13,16-21,29H,6,8,10-12H2,2-4H3/t16-,17+,18-,19+,20+,21+,24+,25+/m1/s1. The van der Waals surface area contributed by atoms with Gasteiger partial charge < -0.3 is 19.0 Å². The van der Waals surface area contributed by atoms with E-state index in [1.54, 1.807) is 12.5 Å². The van der Waals surface area contributed by atoms with Gasteiger partial charge in [-0.2, -0.15) is 0 Å². The number of carbonyl (C=O) groups excluding carboxylic acids is 3. The van der Waals surface area contributed by atoms with Crippen LogP contribution in [-0.2, 0) is 23.9 Å². The van der Waals surface area contributed by atoms with Gasteiger partial charge in [0.2, 0.25) is 0 Å². The van der Waals surface area contributed by atoms with Crippen molar-refractivity contribution in [2.24, 2.45) is 29.1 Å². The number of terminal acetylenes is 1. The number of rotatable bonds is 3. The van der Waals surface area contributed by atoms with Crippen LogP contribution in [0.1, 0.15) is 57.4 Å². The number of esters is 2. The summed E-state index contributed by atoms with van der Waals surface area (Å²) in [7, 11) is 1.33. The Hall–Kier alpha value is -2.59. The van der Waals surface area contributed by atoms with Crippen LogP contribution in [-0.4, -0.2) is 41.6 Å². The normalized spacial score (nSPS) is 41.0. The Morgan fingerprint density at radius 2 is 2.09 bits per heavy atom. The molecule has 0 bridgehead atoms. The molecule has 0 aliphatic heterocycles. The van der Waals surface area contributed by atoms with Crippen molar-refractivity contribution in [3.63, 3.8) is 0 Å². The third-order valence-corrected chi connectivity index (χ3v) is 8.31. The number of fused-ring (bicyclic) bond motifs is 3. The zero-order valence-corrected chi connectivity index (χ0v) is 18.7. The van der Waals surface area contributed by atoms with Gasteiger partial charge in [-0.1, -0.05) is 12.8 Å². The lowest BCUT2D eigenvalue weighted by molar-refractivity contribution is -0.189. The molecular formula is C25H30O7. The van der Waals surface area contributed by atoms with Gasteiger partial charge in [0.15, 0.2) is 11.9 Å². The minimum absolute atomic E-state index is 0.0862. The molecule has 7 heteroatoms. The van der Waals surface area contributed by atoms with Crippen molar-refractivity contribution in [2.75, 3.05) is 7.11 Å². The van der Waals surface area contributed by atoms with Crippen molar-refractivity contribution in [3.05, 3.63) is 24.2 Å². The smallest absolute Gasteiger partial charge is 0.309 e. The highest BCUT2D eigenvalue weighted by atomic mass is 16.5. The second kappa shape index (κ2) is 8.08. The summed E-state index contributed by atoms with van der Waals surface area (Å²) in [5, 5.41) is 11.5. The fourth-order valence-corrected chi connectivity index (χ4v) is 6.86. The van der Waals surface area contributed by atoms with Crippen LogP contribution in [0.5, 0.6) is 0 Å². The zero-order chi connectivity index (χ0) is 23.3. The minimum Gasteiger partial charge on any atom is -0.472 e. The van der Waals surface area contributed by atoms with E-state index in [2.05, 4.69) is 5.92 Å². The number of hydrogen-bond acceptors (Lipinski definition) is 7. The molecule has 1 heterocycles. The SMILES string of the molecule is C#C[C@]1(O)C[C@H](c2ccoc2)C[C@@H]2[C@H]3C(=O)[C@@H](OC(C)=O)C[C@@H](C(=O)OC)[C@]3(C)CC[C@H]21. The molecule has 1 aromatic rings. The third kappa shape index (κ3) is 3.45. The molecule has 0 spiro atoms. The molecule has 4 rings (SSSR count). The molecule has 3 aliphatic carbocycles. The van der Waals surface area contributed by atoms with Crippen LogP contribution in [0.2, 0.25) is 0 Å². The molecule has 7 nitrogen and oxygen atoms in total. The first kappa shape index (κ1) is 22.6. The molecule has 0 aromatic carbocycles. The van der Waals surface area contributed by atoms with E-state index in [1.807, 2.05) is 13.0 Å². The summed E-state index contributed by atoms with van der Waals surface area (Å²) in [6.07, 6.45) is 10.3. The van der Waals surface area contributed by atoms with Gasteiger partial charge >= 0.3 is 11.9 Å². The maximum atomic E-state index is 13.7. The molecule has 8 atom stereocenters. The summed E-state index contributed by atoms with van der Waals surface area (Å²) in [4.78, 5) is 38.2. The minimum atomic E-state index is -1.37. The van der Waals surface area contributed by atoms with E-state index >= 15 is 0 Å². The molecule has 1 N–H and O–H groups in total. The number of carbonyl (C=O) groups is 3. The van der Waals surface area contributed by atoms with Crippen LogP contribution in [0.4, 0.5) is 0 Å². The van der Waals surface area contributed by atoms with Crippen molar-refractivity contribution in [1.82, 2.24) is 0 Å². The van der Waals surface area contributed by atoms with Gasteiger partial charge in [0.05, 0.1) is 25.6 Å². The van der Waals surface area contributed by atoms with Crippen molar-refractivity contribution in [3.8, 4) is 12.3 Å². The molecule has 3 fully saturated rings. The predicted molar refractivity (Wildman–Crippen MR) is 113 cm³/mol. The Morgan fingerprint density at radius 1 is 1.34 bits per heavy atom. The molecule has 0 saturated heterocycles. The van der Waals surface area contributed by atoms with Crippen LogP contribution < -0.4 is 0 Å². The molecular weight excluding hydrogens is 412 g/mol. The average molecular weight is 443 g/mol. The summed E-state index contributed by atoms with van der Waals surface area (Å²) >= 11 is 0. The van der Waals surface area contributed by atoms with E-state index < -0.39 is 40.9 Å². The lowest BCUT2D eigenvalue weighted by Crippen LogP contribution is -2.63. The Morgan fingerprint density at radius 3 is 2.69 bits per heavy atom. The summed E-state index contributed by atoms with van der Waals surface area (Å²) in [6, 6.07) is 1.85. The fourth-order valence-electron chi connectivity index (χ4n) is 6.86. The monoisotopic (exact) mass is 442 g/mol. The van der Waals surface area contributed by atoms with Crippen LogP contribution in [0, 0.1) is 41.4 Å². The van der Waals surface area contributed by atoms with E-state index in [0.717, 1.165) is 5.56 Å². The van der Waals surface area contributed by atoms with Gasteiger partial charge in [0, 0.05) is 25.2 Å². The summed E-state index contributed by atoms with van der Waals surface area (Å²) in [5.74, 6) is -0.353. The first-order valence-corrected chi connectivity index (χ1v) is 11.2. The van der Waals surface area contributed by atoms with Crippen LogP contribution in [0.15, 0.2) is 23.0 Å². The van der Waals surface area contributed by atoms with Crippen LogP contribution in [0.3, 0.4) is 0 Å². The highest BCUT2D eigenvalue weighted by Gasteiger charge is 2.64. The van der Waals surface area contributed by atoms with Gasteiger partial charge in [-0.15, -0.1) is 6.42 Å². The number of hydrogen-bond donors (Lipinski definition) is 1. The number of ether oxygens (including phenoxy) is 2. The first-order chi connectivity index (χ1) is 15.1. The molecule has 1 aromatic heterocycles. The third-order valence-electron chi connectivity index (χ3n) is 8.31. The van der Waals surface area contributed by atoms with E-state index in [0.29, 0.717) is 25.7 Å². The molecule has 0 unspecified atom stereocenters. The van der Waals surface area contributed by atoms with E-state index in [4.69, 9.17) is 20.3 Å². The lowest BCUT2D eigenvalue weighted by Gasteiger charge is -2.59. The van der Waals surface area contributed by atoms with E-state index in [1.165, 1.54) is 14.0 Å². The molecule has 3 saturated carbocycles. The number of aliphatic hydroxyl groups is 1. The van der Waals surface area contributed by atoms with Gasteiger partial charge in [-0.05, 0) is 54.6 Å². The number of furan rings is 1. The van der Waals surface area contributed by atoms with Crippen molar-refractivity contribution in [1.29, 1.82) is 0 Å². The Balaban J connectivity index is 1.79. The fraction of sp³-hybridized carbons (Fsp3) is 0.640. The number of methoxy groups -OCH3 is 1. The molecule has 0 radical (unpaired) electrons. The maximum Gasteiger partial charge on any atom is 0.309 e. The summed E-state index contributed by atoms with van der Waals surface area (Å²) < 4.78 is 15.7. The average Bonchev–Trinajstić information content (AvgIpc) is 3.29. The van der Waals surface area contributed by atoms with E-state index in [-0.39, 0.29) is 30.0 Å². The zero-order valence-electron chi connectivity index (χ0n) is 18.7. The summed E-state index contributed by atoms with van der Waals surface area (Å²) in [6.45, 7) is 3.21. The van der Waals surface area contributed by atoms with Crippen LogP contribution >= 0.6 is 0 Å². The van der Waals surface area contributed by atoms with Crippen LogP contribution in [0.25, 0.3) is 0 Å². The topological polar surface area (TPSA) is 103 Å². The Bertz CT molecular complexity index is 944. The quantitative estimate of drug-likeness (QED) is 0.567. The van der Waals surface area contributed by atoms with Gasteiger partial charge in [0.25, 0.3) is 0 Å². The number of ketones is 1. The van der Waals surface area contributed by atoms with Gasteiger partial charge in [-0.3, -0.25) is 14.4 Å². The highest BCUT2D eigenvalue weighted by Crippen LogP contribution is 2.62. The molecule has 0 amide bonds. The highest BCUT2D eigenvalue weighted by molar-refractivity contribution is 5.91. The Labute approximate surface area is 187 Å². The largest absolute Gasteiger partial charge is 0.472 e. The Kier molecular flexibility index (Phi) is 5.70. The van der Waals surface area contributed by atoms with Gasteiger partial charge in [-0.25, -0.2) is 0 Å². The molecule has 32 heavy (non-hydrogen) atoms. The maximum absolute atomic E-state index is 13.7. The summed E-state index contributed by atoms with van der Waals surface area (Å²) in [5.41, 5.74) is -1.12. The lowest BCUT2D eigenvalue weighted by atomic mass is 9.44. The van der Waals surface area contributed by atoms with Gasteiger partial charge in [0.1, 0.15) is 5.60 Å². The first-order valence-electron chi connectivity index (χ1n) is 11.2. The second-order valence-electron chi connectivity index (χ2n) is 9.87. The molecule has 172 valence electrons. The molecule has 3 aliphatic rings. The van der Waals surface area contributed by atoms with Crippen molar-refractivity contribution >= 4 is 17.7 Å². The predicted octanol–water partition coefficient (Wildman–Crippen LogP) is 2.86. The van der Waals surface area contributed by atoms with E-state index in [9.17, 15) is 19.5 Å². The van der Waals surface area contributed by atoms with Crippen molar-refractivity contribution in [2.45, 2.75) is 63.6 Å². The second-order valence-corrected chi connectivity index (χ2v) is 9.87. The number of Topliss-reactive ketones (excluding diaryl/α,β-unsaturated/α-hetero) is 1. The van der Waals surface area contributed by atoms with Crippen molar-refractivity contribution < 1.29 is 33.4 Å².